The Balaban J connectivity index is 3.80. The van der Waals surface area contributed by atoms with Gasteiger partial charge in [-0.3, -0.25) is 9.59 Å². The minimum atomic E-state index is -0.342. The summed E-state index contributed by atoms with van der Waals surface area (Å²) >= 11 is 0. The maximum Gasteiger partial charge on any atom is 0.302 e. The second-order valence-corrected chi connectivity index (χ2v) is 4.09. The van der Waals surface area contributed by atoms with Crippen molar-refractivity contribution in [3.63, 3.8) is 0 Å². The highest BCUT2D eigenvalue weighted by molar-refractivity contribution is 5.73. The van der Waals surface area contributed by atoms with Gasteiger partial charge in [-0.25, -0.2) is 0 Å². The molecule has 0 saturated carbocycles. The third-order valence-electron chi connectivity index (χ3n) is 2.42. The van der Waals surface area contributed by atoms with Crippen LogP contribution in [0.1, 0.15) is 58.8 Å². The van der Waals surface area contributed by atoms with Crippen molar-refractivity contribution < 1.29 is 14.3 Å². The molecule has 0 aromatic carbocycles. The minimum absolute atomic E-state index is 0.151. The van der Waals surface area contributed by atoms with Crippen LogP contribution < -0.4 is 5.73 Å². The Morgan fingerprint density at radius 2 is 1.88 bits per heavy atom. The topological polar surface area (TPSA) is 69.4 Å². The van der Waals surface area contributed by atoms with Gasteiger partial charge in [-0.05, 0) is 19.3 Å². The Kier molecular flexibility index (Phi) is 8.58. The van der Waals surface area contributed by atoms with E-state index in [9.17, 15) is 9.59 Å². The third-order valence-corrected chi connectivity index (χ3v) is 2.42. The molecule has 2 N–H and O–H groups in total. The zero-order valence-corrected chi connectivity index (χ0v) is 10.3. The molecule has 0 aromatic heterocycles. The van der Waals surface area contributed by atoms with E-state index in [1.807, 2.05) is 0 Å². The van der Waals surface area contributed by atoms with Crippen molar-refractivity contribution in [3.05, 3.63) is 0 Å². The van der Waals surface area contributed by atoms with Gasteiger partial charge in [0.2, 0.25) is 5.91 Å². The number of primary amides is 1. The molecule has 1 amide bonds. The van der Waals surface area contributed by atoms with Gasteiger partial charge in [0.05, 0.1) is 0 Å². The number of carbonyl (C=O) groups is 2. The molecule has 0 saturated heterocycles. The summed E-state index contributed by atoms with van der Waals surface area (Å²) in [5.74, 6) is -0.629. The Bertz CT molecular complexity index is 216. The molecule has 0 spiro atoms. The van der Waals surface area contributed by atoms with Crippen LogP contribution in [-0.2, 0) is 14.3 Å². The predicted octanol–water partition coefficient (Wildman–Crippen LogP) is 2.15. The maximum atomic E-state index is 10.8. The van der Waals surface area contributed by atoms with E-state index in [1.54, 1.807) is 0 Å². The van der Waals surface area contributed by atoms with Gasteiger partial charge in [-0.15, -0.1) is 0 Å². The highest BCUT2D eigenvalue weighted by atomic mass is 16.5. The molecule has 0 aliphatic heterocycles. The van der Waals surface area contributed by atoms with Crippen molar-refractivity contribution in [2.75, 3.05) is 0 Å². The lowest BCUT2D eigenvalue weighted by Gasteiger charge is -2.16. The van der Waals surface area contributed by atoms with Crippen LogP contribution in [0.4, 0.5) is 0 Å². The number of nitrogens with two attached hydrogens (primary N) is 1. The first kappa shape index (κ1) is 14.9. The van der Waals surface area contributed by atoms with Crippen molar-refractivity contribution in [1.82, 2.24) is 0 Å². The lowest BCUT2D eigenvalue weighted by molar-refractivity contribution is -0.147. The van der Waals surface area contributed by atoms with Crippen molar-refractivity contribution in [2.24, 2.45) is 5.73 Å². The highest BCUT2D eigenvalue weighted by Crippen LogP contribution is 2.13. The highest BCUT2D eigenvalue weighted by Gasteiger charge is 2.12. The smallest absolute Gasteiger partial charge is 0.302 e. The van der Waals surface area contributed by atoms with Crippen molar-refractivity contribution in [3.8, 4) is 0 Å². The van der Waals surface area contributed by atoms with Crippen LogP contribution in [0.5, 0.6) is 0 Å². The normalized spacial score (nSPS) is 12.1. The Morgan fingerprint density at radius 3 is 2.38 bits per heavy atom. The summed E-state index contributed by atoms with van der Waals surface area (Å²) in [5, 5.41) is 0. The van der Waals surface area contributed by atoms with Crippen LogP contribution in [-0.4, -0.2) is 18.0 Å². The maximum absolute atomic E-state index is 10.8. The number of ether oxygens (including phenoxy) is 1. The molecule has 16 heavy (non-hydrogen) atoms. The number of rotatable bonds is 9. The zero-order chi connectivity index (χ0) is 12.4. The van der Waals surface area contributed by atoms with Crippen LogP contribution in [0.15, 0.2) is 0 Å². The van der Waals surface area contributed by atoms with Crippen LogP contribution in [0.2, 0.25) is 0 Å². The molecule has 0 fully saturated rings. The van der Waals surface area contributed by atoms with Crippen LogP contribution in [0.3, 0.4) is 0 Å². The number of carbonyl (C=O) groups excluding carboxylic acids is 2. The first-order valence-corrected chi connectivity index (χ1v) is 6.01. The molecule has 0 bridgehead atoms. The fourth-order valence-corrected chi connectivity index (χ4v) is 1.60. The summed E-state index contributed by atoms with van der Waals surface area (Å²) in [6.07, 6.45) is 6.05. The van der Waals surface area contributed by atoms with E-state index < -0.39 is 0 Å². The van der Waals surface area contributed by atoms with Crippen molar-refractivity contribution in [2.45, 2.75) is 64.9 Å². The van der Waals surface area contributed by atoms with E-state index in [-0.39, 0.29) is 24.4 Å². The van der Waals surface area contributed by atoms with Gasteiger partial charge in [-0.2, -0.15) is 0 Å². The van der Waals surface area contributed by atoms with Gasteiger partial charge in [0, 0.05) is 13.3 Å². The molecule has 1 atom stereocenters. The van der Waals surface area contributed by atoms with Gasteiger partial charge < -0.3 is 10.5 Å². The molecule has 0 unspecified atom stereocenters. The summed E-state index contributed by atoms with van der Waals surface area (Å²) in [6.45, 7) is 3.54. The quantitative estimate of drug-likeness (QED) is 0.486. The lowest BCUT2D eigenvalue weighted by Crippen LogP contribution is -2.20. The number of hydrogen-bond donors (Lipinski definition) is 1. The largest absolute Gasteiger partial charge is 0.463 e. The fourth-order valence-electron chi connectivity index (χ4n) is 1.60. The molecular formula is C12H23NO3. The van der Waals surface area contributed by atoms with E-state index in [0.29, 0.717) is 6.42 Å². The Hall–Kier alpha value is -1.06. The summed E-state index contributed by atoms with van der Waals surface area (Å²) in [6, 6.07) is 0. The summed E-state index contributed by atoms with van der Waals surface area (Å²) in [4.78, 5) is 21.5. The van der Waals surface area contributed by atoms with E-state index >= 15 is 0 Å². The third kappa shape index (κ3) is 9.49. The molecule has 0 aliphatic carbocycles. The van der Waals surface area contributed by atoms with E-state index in [4.69, 9.17) is 10.5 Å². The number of amides is 1. The van der Waals surface area contributed by atoms with E-state index in [1.165, 1.54) is 19.8 Å². The monoisotopic (exact) mass is 229 g/mol. The van der Waals surface area contributed by atoms with Gasteiger partial charge in [0.25, 0.3) is 0 Å². The molecule has 0 rings (SSSR count). The first-order chi connectivity index (χ1) is 7.56. The second-order valence-electron chi connectivity index (χ2n) is 4.09. The minimum Gasteiger partial charge on any atom is -0.463 e. The first-order valence-electron chi connectivity index (χ1n) is 6.01. The van der Waals surface area contributed by atoms with Gasteiger partial charge >= 0.3 is 5.97 Å². The number of esters is 1. The summed E-state index contributed by atoms with van der Waals surface area (Å²) in [7, 11) is 0. The molecule has 94 valence electrons. The molecule has 0 aliphatic rings. The summed E-state index contributed by atoms with van der Waals surface area (Å²) in [5.41, 5.74) is 5.07. The molecule has 0 radical (unpaired) electrons. The van der Waals surface area contributed by atoms with Crippen LogP contribution >= 0.6 is 0 Å². The summed E-state index contributed by atoms with van der Waals surface area (Å²) < 4.78 is 5.13. The van der Waals surface area contributed by atoms with Gasteiger partial charge in [0.1, 0.15) is 6.10 Å². The molecule has 4 nitrogen and oxygen atoms in total. The van der Waals surface area contributed by atoms with Crippen molar-refractivity contribution >= 4 is 11.9 Å². The van der Waals surface area contributed by atoms with Gasteiger partial charge in [-0.1, -0.05) is 26.2 Å². The molecule has 4 heteroatoms. The van der Waals surface area contributed by atoms with Gasteiger partial charge in [0.15, 0.2) is 0 Å². The average Bonchev–Trinajstić information content (AvgIpc) is 2.19. The van der Waals surface area contributed by atoms with Crippen molar-refractivity contribution in [1.29, 1.82) is 0 Å². The molecule has 0 heterocycles. The second kappa shape index (κ2) is 9.19. The number of unbranched alkanes of at least 4 members (excludes halogenated alkanes) is 3. The Morgan fingerprint density at radius 1 is 1.19 bits per heavy atom. The molecule has 0 aromatic rings. The zero-order valence-electron chi connectivity index (χ0n) is 10.3. The average molecular weight is 229 g/mol. The SMILES string of the molecule is CCCCCC[C@H](CCC(N)=O)OC(C)=O. The fraction of sp³-hybridized carbons (Fsp3) is 0.833. The van der Waals surface area contributed by atoms with Crippen LogP contribution in [0.25, 0.3) is 0 Å². The lowest BCUT2D eigenvalue weighted by atomic mass is 10.1. The van der Waals surface area contributed by atoms with E-state index in [0.717, 1.165) is 19.3 Å². The predicted molar refractivity (Wildman–Crippen MR) is 62.7 cm³/mol. The number of hydrogen-bond acceptors (Lipinski definition) is 3. The van der Waals surface area contributed by atoms with Crippen LogP contribution in [0, 0.1) is 0 Å². The van der Waals surface area contributed by atoms with E-state index in [2.05, 4.69) is 6.92 Å². The molecular weight excluding hydrogens is 206 g/mol. The Labute approximate surface area is 97.5 Å². The standard InChI is InChI=1S/C12H23NO3/c1-3-4-5-6-7-11(16-10(2)14)8-9-12(13)15/h11H,3-9H2,1-2H3,(H2,13,15)/t11-/m1/s1.